The Morgan fingerprint density at radius 3 is 2.69 bits per heavy atom. The van der Waals surface area contributed by atoms with Gasteiger partial charge in [0.05, 0.1) is 4.88 Å². The van der Waals surface area contributed by atoms with Crippen LogP contribution in [0, 0.1) is 11.3 Å². The van der Waals surface area contributed by atoms with Gasteiger partial charge >= 0.3 is 5.97 Å². The quantitative estimate of drug-likeness (QED) is 0.788. The monoisotopic (exact) mass is 239 g/mol. The van der Waals surface area contributed by atoms with Crippen molar-refractivity contribution in [2.75, 3.05) is 0 Å². The number of rotatable bonds is 2. The molecule has 0 fully saturated rings. The van der Waals surface area contributed by atoms with Gasteiger partial charge in [-0.05, 0) is 20.8 Å². The van der Waals surface area contributed by atoms with E-state index in [0.717, 1.165) is 11.3 Å². The zero-order valence-corrected chi connectivity index (χ0v) is 10.2. The Kier molecular flexibility index (Phi) is 3.62. The van der Waals surface area contributed by atoms with Gasteiger partial charge in [-0.3, -0.25) is 0 Å². The van der Waals surface area contributed by atoms with Gasteiger partial charge in [-0.15, -0.1) is 11.3 Å². The molecular weight excluding hydrogens is 226 g/mol. The molecule has 1 aromatic rings. The standard InChI is InChI=1S/C10H13N3O2S/c1-10(2,3)15-9(14)8-6(4-11)16-7(5-12)13-8/h4,11H2,1-3H3. The fourth-order valence-electron chi connectivity index (χ4n) is 1.02. The van der Waals surface area contributed by atoms with Crippen LogP contribution in [0.15, 0.2) is 0 Å². The second kappa shape index (κ2) is 4.60. The van der Waals surface area contributed by atoms with E-state index in [2.05, 4.69) is 4.98 Å². The van der Waals surface area contributed by atoms with Crippen molar-refractivity contribution in [3.8, 4) is 6.07 Å². The largest absolute Gasteiger partial charge is 0.455 e. The predicted octanol–water partition coefficient (Wildman–Crippen LogP) is 1.43. The molecule has 2 N–H and O–H groups in total. The summed E-state index contributed by atoms with van der Waals surface area (Å²) in [6.45, 7) is 5.48. The van der Waals surface area contributed by atoms with Crippen LogP contribution in [0.4, 0.5) is 0 Å². The maximum atomic E-state index is 11.7. The second-order valence-electron chi connectivity index (χ2n) is 4.11. The fourth-order valence-corrected chi connectivity index (χ4v) is 1.75. The normalized spacial score (nSPS) is 10.9. The van der Waals surface area contributed by atoms with Crippen LogP contribution in [0.25, 0.3) is 0 Å². The van der Waals surface area contributed by atoms with Gasteiger partial charge in [-0.25, -0.2) is 9.78 Å². The van der Waals surface area contributed by atoms with E-state index < -0.39 is 11.6 Å². The first kappa shape index (κ1) is 12.6. The van der Waals surface area contributed by atoms with Crippen LogP contribution in [0.1, 0.15) is 41.1 Å². The van der Waals surface area contributed by atoms with Crippen molar-refractivity contribution in [1.82, 2.24) is 4.98 Å². The molecule has 6 heteroatoms. The van der Waals surface area contributed by atoms with E-state index in [9.17, 15) is 4.79 Å². The SMILES string of the molecule is CC(C)(C)OC(=O)c1nc(C#N)sc1CN. The van der Waals surface area contributed by atoms with Gasteiger partial charge < -0.3 is 10.5 Å². The van der Waals surface area contributed by atoms with Gasteiger partial charge in [-0.1, -0.05) is 0 Å². The highest BCUT2D eigenvalue weighted by Gasteiger charge is 2.23. The number of carbonyl (C=O) groups is 1. The summed E-state index contributed by atoms with van der Waals surface area (Å²) in [5, 5.41) is 8.91. The van der Waals surface area contributed by atoms with Crippen molar-refractivity contribution in [3.05, 3.63) is 15.6 Å². The van der Waals surface area contributed by atoms with E-state index in [4.69, 9.17) is 15.7 Å². The van der Waals surface area contributed by atoms with Crippen molar-refractivity contribution >= 4 is 17.3 Å². The minimum absolute atomic E-state index is 0.152. The molecule has 1 rings (SSSR count). The molecule has 0 aromatic carbocycles. The molecule has 0 spiro atoms. The molecule has 0 aliphatic carbocycles. The predicted molar refractivity (Wildman–Crippen MR) is 59.9 cm³/mol. The van der Waals surface area contributed by atoms with Gasteiger partial charge in [0.25, 0.3) is 0 Å². The van der Waals surface area contributed by atoms with Gasteiger partial charge in [0.2, 0.25) is 0 Å². The smallest absolute Gasteiger partial charge is 0.358 e. The second-order valence-corrected chi connectivity index (χ2v) is 5.19. The molecular formula is C10H13N3O2S. The molecule has 0 radical (unpaired) electrons. The molecule has 1 heterocycles. The van der Waals surface area contributed by atoms with Gasteiger partial charge in [0, 0.05) is 6.54 Å². The van der Waals surface area contributed by atoms with E-state index in [1.54, 1.807) is 20.8 Å². The van der Waals surface area contributed by atoms with Crippen LogP contribution in [0.2, 0.25) is 0 Å². The summed E-state index contributed by atoms with van der Waals surface area (Å²) >= 11 is 1.12. The van der Waals surface area contributed by atoms with Crippen molar-refractivity contribution in [1.29, 1.82) is 5.26 Å². The molecule has 0 saturated carbocycles. The average molecular weight is 239 g/mol. The number of hydrogen-bond acceptors (Lipinski definition) is 6. The number of ether oxygens (including phenoxy) is 1. The molecule has 5 nitrogen and oxygen atoms in total. The van der Waals surface area contributed by atoms with E-state index in [1.165, 1.54) is 0 Å². The Bertz CT molecular complexity index is 440. The third-order valence-corrected chi connectivity index (χ3v) is 2.55. The number of nitriles is 1. The maximum Gasteiger partial charge on any atom is 0.358 e. The molecule has 0 bridgehead atoms. The van der Waals surface area contributed by atoms with Crippen LogP contribution in [-0.4, -0.2) is 16.6 Å². The number of aromatic nitrogens is 1. The van der Waals surface area contributed by atoms with E-state index in [0.29, 0.717) is 4.88 Å². The molecule has 16 heavy (non-hydrogen) atoms. The summed E-state index contributed by atoms with van der Waals surface area (Å²) in [6.07, 6.45) is 0. The molecule has 0 unspecified atom stereocenters. The lowest BCUT2D eigenvalue weighted by molar-refractivity contribution is 0.00625. The Morgan fingerprint density at radius 2 is 2.25 bits per heavy atom. The van der Waals surface area contributed by atoms with Crippen LogP contribution in [0.5, 0.6) is 0 Å². The minimum Gasteiger partial charge on any atom is -0.455 e. The van der Waals surface area contributed by atoms with Gasteiger partial charge in [-0.2, -0.15) is 5.26 Å². The zero-order chi connectivity index (χ0) is 12.3. The maximum absolute atomic E-state index is 11.7. The summed E-state index contributed by atoms with van der Waals surface area (Å²) in [5.74, 6) is -0.536. The highest BCUT2D eigenvalue weighted by molar-refractivity contribution is 7.12. The number of nitrogens with two attached hydrogens (primary N) is 1. The number of thiazole rings is 1. The Labute approximate surface area is 97.9 Å². The summed E-state index contributed by atoms with van der Waals surface area (Å²) in [5.41, 5.74) is 5.04. The van der Waals surface area contributed by atoms with Crippen LogP contribution in [0.3, 0.4) is 0 Å². The van der Waals surface area contributed by atoms with E-state index in [1.807, 2.05) is 6.07 Å². The highest BCUT2D eigenvalue weighted by Crippen LogP contribution is 2.20. The Balaban J connectivity index is 2.99. The third-order valence-electron chi connectivity index (χ3n) is 1.57. The van der Waals surface area contributed by atoms with Gasteiger partial charge in [0.15, 0.2) is 10.7 Å². The van der Waals surface area contributed by atoms with Crippen molar-refractivity contribution < 1.29 is 9.53 Å². The molecule has 0 aliphatic rings. The van der Waals surface area contributed by atoms with Crippen molar-refractivity contribution in [2.45, 2.75) is 32.9 Å². The van der Waals surface area contributed by atoms with Crippen LogP contribution in [-0.2, 0) is 11.3 Å². The number of esters is 1. The molecule has 0 atom stereocenters. The molecule has 0 saturated heterocycles. The van der Waals surface area contributed by atoms with Crippen molar-refractivity contribution in [3.63, 3.8) is 0 Å². The average Bonchev–Trinajstić information content (AvgIpc) is 2.58. The number of hydrogen-bond donors (Lipinski definition) is 1. The molecule has 86 valence electrons. The van der Waals surface area contributed by atoms with Crippen LogP contribution < -0.4 is 5.73 Å². The summed E-state index contributed by atoms with van der Waals surface area (Å²) < 4.78 is 5.16. The molecule has 0 amide bonds. The fraction of sp³-hybridized carbons (Fsp3) is 0.500. The summed E-state index contributed by atoms with van der Waals surface area (Å²) in [7, 11) is 0. The lowest BCUT2D eigenvalue weighted by Crippen LogP contribution is -2.25. The molecule has 0 aliphatic heterocycles. The third kappa shape index (κ3) is 3.02. The van der Waals surface area contributed by atoms with E-state index >= 15 is 0 Å². The minimum atomic E-state index is -0.584. The van der Waals surface area contributed by atoms with Crippen LogP contribution >= 0.6 is 11.3 Å². The topological polar surface area (TPSA) is 89.0 Å². The lowest BCUT2D eigenvalue weighted by Gasteiger charge is -2.18. The highest BCUT2D eigenvalue weighted by atomic mass is 32.1. The Morgan fingerprint density at radius 1 is 1.62 bits per heavy atom. The first-order chi connectivity index (χ1) is 7.37. The molecule has 1 aromatic heterocycles. The number of nitrogens with zero attached hydrogens (tertiary/aromatic N) is 2. The summed E-state index contributed by atoms with van der Waals surface area (Å²) in [4.78, 5) is 16.2. The lowest BCUT2D eigenvalue weighted by atomic mass is 10.2. The summed E-state index contributed by atoms with van der Waals surface area (Å²) in [6, 6.07) is 1.88. The van der Waals surface area contributed by atoms with E-state index in [-0.39, 0.29) is 17.2 Å². The zero-order valence-electron chi connectivity index (χ0n) is 9.40. The van der Waals surface area contributed by atoms with Gasteiger partial charge in [0.1, 0.15) is 11.7 Å². The van der Waals surface area contributed by atoms with Crippen molar-refractivity contribution in [2.24, 2.45) is 5.73 Å². The first-order valence-electron chi connectivity index (χ1n) is 4.70. The Hall–Kier alpha value is -1.45. The first-order valence-corrected chi connectivity index (χ1v) is 5.52. The number of carbonyl (C=O) groups excluding carboxylic acids is 1.